The van der Waals surface area contributed by atoms with Crippen molar-refractivity contribution >= 4 is 5.91 Å². The molecule has 1 amide bonds. The molecule has 2 aliphatic rings. The predicted molar refractivity (Wildman–Crippen MR) is 80.3 cm³/mol. The van der Waals surface area contributed by atoms with Crippen molar-refractivity contribution in [2.45, 2.75) is 46.0 Å². The Morgan fingerprint density at radius 2 is 2.05 bits per heavy atom. The average Bonchev–Trinajstić information content (AvgIpc) is 2.96. The van der Waals surface area contributed by atoms with Gasteiger partial charge in [-0.2, -0.15) is 0 Å². The van der Waals surface area contributed by atoms with E-state index in [1.54, 1.807) is 0 Å². The summed E-state index contributed by atoms with van der Waals surface area (Å²) in [6, 6.07) is 0. The van der Waals surface area contributed by atoms with Crippen LogP contribution in [0.1, 0.15) is 46.0 Å². The van der Waals surface area contributed by atoms with E-state index in [-0.39, 0.29) is 17.9 Å². The maximum atomic E-state index is 12.6. The van der Waals surface area contributed by atoms with Crippen LogP contribution >= 0.6 is 0 Å². The SMILES string of the molecule is CC(C)C1(C(=O)NCC2CCCCC2CO)CCNC1. The fraction of sp³-hybridized carbons (Fsp3) is 0.938. The molecule has 0 aromatic heterocycles. The minimum atomic E-state index is -0.233. The molecule has 0 spiro atoms. The van der Waals surface area contributed by atoms with Gasteiger partial charge in [-0.15, -0.1) is 0 Å². The van der Waals surface area contributed by atoms with Crippen LogP contribution in [0.3, 0.4) is 0 Å². The number of aliphatic hydroxyl groups is 1. The van der Waals surface area contributed by atoms with E-state index in [4.69, 9.17) is 0 Å². The topological polar surface area (TPSA) is 61.4 Å². The van der Waals surface area contributed by atoms with Gasteiger partial charge in [-0.25, -0.2) is 0 Å². The summed E-state index contributed by atoms with van der Waals surface area (Å²) < 4.78 is 0. The van der Waals surface area contributed by atoms with Crippen LogP contribution in [0.15, 0.2) is 0 Å². The molecule has 1 saturated carbocycles. The van der Waals surface area contributed by atoms with E-state index in [2.05, 4.69) is 24.5 Å². The quantitative estimate of drug-likeness (QED) is 0.717. The second kappa shape index (κ2) is 6.90. The van der Waals surface area contributed by atoms with Crippen LogP contribution in [0.25, 0.3) is 0 Å². The first-order chi connectivity index (χ1) is 9.60. The van der Waals surface area contributed by atoms with Gasteiger partial charge in [0.1, 0.15) is 0 Å². The number of hydrogen-bond acceptors (Lipinski definition) is 3. The highest BCUT2D eigenvalue weighted by Crippen LogP contribution is 2.35. The van der Waals surface area contributed by atoms with E-state index in [1.165, 1.54) is 12.8 Å². The van der Waals surface area contributed by atoms with E-state index < -0.39 is 0 Å². The van der Waals surface area contributed by atoms with Gasteiger partial charge in [0.2, 0.25) is 5.91 Å². The lowest BCUT2D eigenvalue weighted by Crippen LogP contribution is -2.48. The maximum Gasteiger partial charge on any atom is 0.227 e. The lowest BCUT2D eigenvalue weighted by molar-refractivity contribution is -0.132. The van der Waals surface area contributed by atoms with E-state index in [0.717, 1.165) is 38.9 Å². The summed E-state index contributed by atoms with van der Waals surface area (Å²) >= 11 is 0. The van der Waals surface area contributed by atoms with Gasteiger partial charge in [-0.1, -0.05) is 26.7 Å². The number of carbonyl (C=O) groups is 1. The average molecular weight is 282 g/mol. The number of aliphatic hydroxyl groups excluding tert-OH is 1. The fourth-order valence-electron chi connectivity index (χ4n) is 3.85. The Kier molecular flexibility index (Phi) is 5.44. The number of carbonyl (C=O) groups excluding carboxylic acids is 1. The summed E-state index contributed by atoms with van der Waals surface area (Å²) in [5.74, 6) is 1.40. The highest BCUT2D eigenvalue weighted by Gasteiger charge is 2.43. The van der Waals surface area contributed by atoms with Crippen LogP contribution < -0.4 is 10.6 Å². The van der Waals surface area contributed by atoms with Gasteiger partial charge in [0.05, 0.1) is 5.41 Å². The lowest BCUT2D eigenvalue weighted by Gasteiger charge is -2.34. The molecule has 0 bridgehead atoms. The summed E-state index contributed by atoms with van der Waals surface area (Å²) in [5.41, 5.74) is -0.233. The van der Waals surface area contributed by atoms with Crippen LogP contribution in [-0.2, 0) is 4.79 Å². The molecule has 2 fully saturated rings. The Morgan fingerprint density at radius 3 is 2.60 bits per heavy atom. The Hall–Kier alpha value is -0.610. The van der Waals surface area contributed by atoms with Crippen LogP contribution in [0.4, 0.5) is 0 Å². The van der Waals surface area contributed by atoms with Crippen LogP contribution in [0.2, 0.25) is 0 Å². The van der Waals surface area contributed by atoms with Gasteiger partial charge < -0.3 is 15.7 Å². The smallest absolute Gasteiger partial charge is 0.227 e. The minimum absolute atomic E-state index is 0.208. The lowest BCUT2D eigenvalue weighted by atomic mass is 9.75. The molecule has 4 nitrogen and oxygen atoms in total. The molecule has 116 valence electrons. The molecule has 2 rings (SSSR count). The second-order valence-corrected chi connectivity index (χ2v) is 6.93. The molecular weight excluding hydrogens is 252 g/mol. The molecule has 3 unspecified atom stereocenters. The van der Waals surface area contributed by atoms with Crippen molar-refractivity contribution in [1.82, 2.24) is 10.6 Å². The minimum Gasteiger partial charge on any atom is -0.396 e. The third-order valence-corrected chi connectivity index (χ3v) is 5.57. The molecule has 3 N–H and O–H groups in total. The monoisotopic (exact) mass is 282 g/mol. The summed E-state index contributed by atoms with van der Waals surface area (Å²) in [5, 5.41) is 16.0. The summed E-state index contributed by atoms with van der Waals surface area (Å²) in [4.78, 5) is 12.6. The molecule has 0 radical (unpaired) electrons. The van der Waals surface area contributed by atoms with Gasteiger partial charge in [0, 0.05) is 19.7 Å². The number of nitrogens with one attached hydrogen (secondary N) is 2. The summed E-state index contributed by atoms with van der Waals surface area (Å²) in [6.45, 7) is 7.02. The van der Waals surface area contributed by atoms with Crippen molar-refractivity contribution in [2.75, 3.05) is 26.2 Å². The number of rotatable bonds is 5. The normalized spacial score (nSPS) is 34.4. The highest BCUT2D eigenvalue weighted by atomic mass is 16.3. The zero-order chi connectivity index (χ0) is 14.6. The molecule has 20 heavy (non-hydrogen) atoms. The first-order valence-electron chi connectivity index (χ1n) is 8.20. The van der Waals surface area contributed by atoms with E-state index >= 15 is 0 Å². The molecule has 1 saturated heterocycles. The van der Waals surface area contributed by atoms with Crippen molar-refractivity contribution in [3.63, 3.8) is 0 Å². The van der Waals surface area contributed by atoms with Gasteiger partial charge >= 0.3 is 0 Å². The molecule has 1 aliphatic heterocycles. The first-order valence-corrected chi connectivity index (χ1v) is 8.20. The molecule has 0 aromatic carbocycles. The largest absolute Gasteiger partial charge is 0.396 e. The van der Waals surface area contributed by atoms with Gasteiger partial charge in [0.25, 0.3) is 0 Å². The Balaban J connectivity index is 1.90. The van der Waals surface area contributed by atoms with E-state index in [9.17, 15) is 9.90 Å². The van der Waals surface area contributed by atoms with Gasteiger partial charge in [-0.05, 0) is 43.6 Å². The standard InChI is InChI=1S/C16H30N2O2/c1-12(2)16(7-8-17-11-16)15(20)18-9-13-5-3-4-6-14(13)10-19/h12-14,17,19H,3-11H2,1-2H3,(H,18,20). The number of amides is 1. The summed E-state index contributed by atoms with van der Waals surface area (Å²) in [7, 11) is 0. The van der Waals surface area contributed by atoms with Crippen LogP contribution in [0.5, 0.6) is 0 Å². The van der Waals surface area contributed by atoms with Crippen molar-refractivity contribution in [1.29, 1.82) is 0 Å². The van der Waals surface area contributed by atoms with Crippen molar-refractivity contribution in [3.05, 3.63) is 0 Å². The summed E-state index contributed by atoms with van der Waals surface area (Å²) in [6.07, 6.45) is 5.63. The predicted octanol–water partition coefficient (Wildman–Crippen LogP) is 1.54. The Labute approximate surface area is 122 Å². The van der Waals surface area contributed by atoms with E-state index in [0.29, 0.717) is 17.8 Å². The first kappa shape index (κ1) is 15.8. The zero-order valence-corrected chi connectivity index (χ0v) is 13.0. The molecule has 1 aliphatic carbocycles. The molecular formula is C16H30N2O2. The van der Waals surface area contributed by atoms with Crippen molar-refractivity contribution < 1.29 is 9.90 Å². The van der Waals surface area contributed by atoms with Crippen LogP contribution in [-0.4, -0.2) is 37.3 Å². The fourth-order valence-corrected chi connectivity index (χ4v) is 3.85. The second-order valence-electron chi connectivity index (χ2n) is 6.93. The Bertz CT molecular complexity index is 324. The van der Waals surface area contributed by atoms with E-state index in [1.807, 2.05) is 0 Å². The van der Waals surface area contributed by atoms with Crippen molar-refractivity contribution in [2.24, 2.45) is 23.2 Å². The molecule has 4 heteroatoms. The Morgan fingerprint density at radius 1 is 1.35 bits per heavy atom. The highest BCUT2D eigenvalue weighted by molar-refractivity contribution is 5.83. The molecule has 3 atom stereocenters. The van der Waals surface area contributed by atoms with Gasteiger partial charge in [-0.3, -0.25) is 4.79 Å². The third-order valence-electron chi connectivity index (χ3n) is 5.57. The zero-order valence-electron chi connectivity index (χ0n) is 13.0. The molecule has 1 heterocycles. The molecule has 0 aromatic rings. The third kappa shape index (κ3) is 3.17. The maximum absolute atomic E-state index is 12.6. The van der Waals surface area contributed by atoms with Crippen molar-refractivity contribution in [3.8, 4) is 0 Å². The van der Waals surface area contributed by atoms with Gasteiger partial charge in [0.15, 0.2) is 0 Å². The van der Waals surface area contributed by atoms with Crippen LogP contribution in [0, 0.1) is 23.2 Å². The number of hydrogen-bond donors (Lipinski definition) is 3.